The maximum atomic E-state index is 12.2. The largest absolute Gasteiger partial charge is 0.497 e. The molecule has 0 bridgehead atoms. The van der Waals surface area contributed by atoms with Crippen LogP contribution >= 0.6 is 0 Å². The van der Waals surface area contributed by atoms with Gasteiger partial charge >= 0.3 is 5.97 Å². The number of fused-ring (bicyclic) bond motifs is 1. The molecule has 0 saturated carbocycles. The van der Waals surface area contributed by atoms with Crippen molar-refractivity contribution in [2.45, 2.75) is 12.8 Å². The zero-order chi connectivity index (χ0) is 18.5. The zero-order valence-corrected chi connectivity index (χ0v) is 14.4. The fraction of sp³-hybridized carbons (Fsp3) is 0.250. The molecule has 2 amide bonds. The number of hydrogen-bond donors (Lipinski definition) is 0. The second kappa shape index (κ2) is 7.82. The Hall–Kier alpha value is -3.15. The Labute approximate surface area is 151 Å². The van der Waals surface area contributed by atoms with Crippen LogP contribution in [-0.2, 0) is 4.74 Å². The molecule has 0 unspecified atom stereocenters. The summed E-state index contributed by atoms with van der Waals surface area (Å²) in [5.41, 5.74) is 1.35. The highest BCUT2D eigenvalue weighted by atomic mass is 16.5. The van der Waals surface area contributed by atoms with E-state index in [9.17, 15) is 14.4 Å². The first-order chi connectivity index (χ1) is 12.6. The first kappa shape index (κ1) is 17.7. The lowest BCUT2D eigenvalue weighted by molar-refractivity contribution is 0.0485. The first-order valence-electron chi connectivity index (χ1n) is 8.38. The number of unbranched alkanes of at least 4 members (excludes halogenated alkanes) is 1. The van der Waals surface area contributed by atoms with Gasteiger partial charge in [-0.3, -0.25) is 14.5 Å². The molecule has 26 heavy (non-hydrogen) atoms. The first-order valence-corrected chi connectivity index (χ1v) is 8.38. The molecule has 0 atom stereocenters. The molecule has 1 aliphatic rings. The van der Waals surface area contributed by atoms with E-state index in [1.165, 1.54) is 4.90 Å². The minimum atomic E-state index is -0.409. The molecule has 0 saturated heterocycles. The molecule has 0 radical (unpaired) electrons. The van der Waals surface area contributed by atoms with Crippen LogP contribution in [-0.4, -0.2) is 42.9 Å². The van der Waals surface area contributed by atoms with E-state index < -0.39 is 5.97 Å². The van der Waals surface area contributed by atoms with E-state index in [1.807, 2.05) is 0 Å². The summed E-state index contributed by atoms with van der Waals surface area (Å²) in [5.74, 6) is -0.266. The monoisotopic (exact) mass is 353 g/mol. The van der Waals surface area contributed by atoms with Crippen molar-refractivity contribution in [2.75, 3.05) is 20.3 Å². The van der Waals surface area contributed by atoms with Crippen LogP contribution in [0.2, 0.25) is 0 Å². The van der Waals surface area contributed by atoms with Gasteiger partial charge in [0, 0.05) is 6.54 Å². The van der Waals surface area contributed by atoms with Crippen molar-refractivity contribution in [1.82, 2.24) is 4.90 Å². The maximum absolute atomic E-state index is 12.2. The smallest absolute Gasteiger partial charge is 0.338 e. The Morgan fingerprint density at radius 2 is 1.54 bits per heavy atom. The molecule has 2 aromatic carbocycles. The minimum absolute atomic E-state index is 0.230. The van der Waals surface area contributed by atoms with Crippen molar-refractivity contribution in [2.24, 2.45) is 0 Å². The van der Waals surface area contributed by atoms with E-state index in [4.69, 9.17) is 9.47 Å². The highest BCUT2D eigenvalue weighted by Gasteiger charge is 2.34. The maximum Gasteiger partial charge on any atom is 0.338 e. The summed E-state index contributed by atoms with van der Waals surface area (Å²) < 4.78 is 10.3. The van der Waals surface area contributed by atoms with Gasteiger partial charge in [-0.15, -0.1) is 0 Å². The van der Waals surface area contributed by atoms with Gasteiger partial charge < -0.3 is 9.47 Å². The van der Waals surface area contributed by atoms with Crippen molar-refractivity contribution in [3.63, 3.8) is 0 Å². The molecule has 134 valence electrons. The summed E-state index contributed by atoms with van der Waals surface area (Å²) in [5, 5.41) is 0. The quantitative estimate of drug-likeness (QED) is 0.435. The Morgan fingerprint density at radius 1 is 0.923 bits per heavy atom. The van der Waals surface area contributed by atoms with Gasteiger partial charge in [0.1, 0.15) is 5.75 Å². The van der Waals surface area contributed by atoms with Crippen molar-refractivity contribution >= 4 is 17.8 Å². The number of carbonyl (C=O) groups is 3. The molecule has 0 N–H and O–H groups in total. The fourth-order valence-electron chi connectivity index (χ4n) is 2.79. The van der Waals surface area contributed by atoms with Crippen molar-refractivity contribution in [1.29, 1.82) is 0 Å². The van der Waals surface area contributed by atoms with Gasteiger partial charge in [0.15, 0.2) is 0 Å². The average molecular weight is 353 g/mol. The number of nitrogens with zero attached hydrogens (tertiary/aromatic N) is 1. The molecule has 3 rings (SSSR count). The summed E-state index contributed by atoms with van der Waals surface area (Å²) in [4.78, 5) is 37.6. The van der Waals surface area contributed by atoms with Gasteiger partial charge in [0.05, 0.1) is 30.4 Å². The number of hydrogen-bond acceptors (Lipinski definition) is 5. The average Bonchev–Trinajstić information content (AvgIpc) is 2.92. The van der Waals surface area contributed by atoms with Crippen LogP contribution in [0, 0.1) is 0 Å². The van der Waals surface area contributed by atoms with Crippen LogP contribution in [0.15, 0.2) is 48.5 Å². The molecule has 2 aromatic rings. The Morgan fingerprint density at radius 3 is 2.12 bits per heavy atom. The normalized spacial score (nSPS) is 12.9. The van der Waals surface area contributed by atoms with Crippen LogP contribution in [0.25, 0.3) is 0 Å². The van der Waals surface area contributed by atoms with Gasteiger partial charge in [-0.1, -0.05) is 12.1 Å². The highest BCUT2D eigenvalue weighted by molar-refractivity contribution is 6.21. The minimum Gasteiger partial charge on any atom is -0.497 e. The van der Waals surface area contributed by atoms with Gasteiger partial charge in [-0.05, 0) is 49.2 Å². The molecule has 1 heterocycles. The molecule has 0 fully saturated rings. The highest BCUT2D eigenvalue weighted by Crippen LogP contribution is 2.22. The van der Waals surface area contributed by atoms with Crippen LogP contribution in [0.5, 0.6) is 5.75 Å². The molecule has 6 nitrogen and oxygen atoms in total. The van der Waals surface area contributed by atoms with Crippen LogP contribution in [0.4, 0.5) is 0 Å². The van der Waals surface area contributed by atoms with Gasteiger partial charge in [-0.25, -0.2) is 4.79 Å². The Bertz CT molecular complexity index is 793. The zero-order valence-electron chi connectivity index (χ0n) is 14.4. The molecular weight excluding hydrogens is 334 g/mol. The standard InChI is InChI=1S/C20H19NO5/c1-25-15-10-8-14(9-11-15)20(24)26-13-5-4-12-21-18(22)16-6-2-3-7-17(16)19(21)23/h2-3,6-11H,4-5,12-13H2,1H3. The third kappa shape index (κ3) is 3.59. The number of benzene rings is 2. The third-order valence-corrected chi connectivity index (χ3v) is 4.21. The number of esters is 1. The number of methoxy groups -OCH3 is 1. The van der Waals surface area contributed by atoms with E-state index >= 15 is 0 Å². The number of ether oxygens (including phenoxy) is 2. The van der Waals surface area contributed by atoms with Gasteiger partial charge in [0.2, 0.25) is 0 Å². The van der Waals surface area contributed by atoms with E-state index in [-0.39, 0.29) is 18.4 Å². The number of amides is 2. The van der Waals surface area contributed by atoms with E-state index in [2.05, 4.69) is 0 Å². The third-order valence-electron chi connectivity index (χ3n) is 4.21. The predicted octanol–water partition coefficient (Wildman–Crippen LogP) is 2.93. The molecule has 0 aliphatic carbocycles. The van der Waals surface area contributed by atoms with E-state index in [0.29, 0.717) is 41.8 Å². The van der Waals surface area contributed by atoms with Crippen molar-refractivity contribution < 1.29 is 23.9 Å². The molecular formula is C20H19NO5. The van der Waals surface area contributed by atoms with E-state index in [1.54, 1.807) is 55.6 Å². The second-order valence-corrected chi connectivity index (χ2v) is 5.88. The number of rotatable bonds is 7. The lowest BCUT2D eigenvalue weighted by Gasteiger charge is -2.13. The summed E-state index contributed by atoms with van der Waals surface area (Å²) in [6, 6.07) is 13.5. The number of imide groups is 1. The summed E-state index contributed by atoms with van der Waals surface area (Å²) >= 11 is 0. The lowest BCUT2D eigenvalue weighted by Crippen LogP contribution is -2.30. The Kier molecular flexibility index (Phi) is 5.31. The summed E-state index contributed by atoms with van der Waals surface area (Å²) in [6.07, 6.45) is 1.14. The fourth-order valence-corrected chi connectivity index (χ4v) is 2.79. The number of carbonyl (C=O) groups excluding carboxylic acids is 3. The second-order valence-electron chi connectivity index (χ2n) is 5.88. The van der Waals surface area contributed by atoms with E-state index in [0.717, 1.165) is 0 Å². The van der Waals surface area contributed by atoms with Crippen molar-refractivity contribution in [3.8, 4) is 5.75 Å². The van der Waals surface area contributed by atoms with Crippen LogP contribution in [0.1, 0.15) is 43.9 Å². The molecule has 1 aliphatic heterocycles. The Balaban J connectivity index is 1.43. The van der Waals surface area contributed by atoms with Crippen LogP contribution < -0.4 is 4.74 Å². The van der Waals surface area contributed by atoms with Gasteiger partial charge in [0.25, 0.3) is 11.8 Å². The molecule has 0 spiro atoms. The summed E-state index contributed by atoms with van der Waals surface area (Å²) in [6.45, 7) is 0.542. The topological polar surface area (TPSA) is 72.9 Å². The molecule has 0 aromatic heterocycles. The molecule has 6 heteroatoms. The predicted molar refractivity (Wildman–Crippen MR) is 94.3 cm³/mol. The SMILES string of the molecule is COc1ccc(C(=O)OCCCCN2C(=O)c3ccccc3C2=O)cc1. The lowest BCUT2D eigenvalue weighted by atomic mass is 10.1. The van der Waals surface area contributed by atoms with Crippen molar-refractivity contribution in [3.05, 3.63) is 65.2 Å². The summed E-state index contributed by atoms with van der Waals surface area (Å²) in [7, 11) is 1.56. The van der Waals surface area contributed by atoms with Crippen LogP contribution in [0.3, 0.4) is 0 Å². The van der Waals surface area contributed by atoms with Gasteiger partial charge in [-0.2, -0.15) is 0 Å².